The van der Waals surface area contributed by atoms with Crippen molar-refractivity contribution in [3.05, 3.63) is 35.6 Å². The molecule has 0 aromatic heterocycles. The van der Waals surface area contributed by atoms with E-state index in [-0.39, 0.29) is 5.82 Å². The maximum atomic E-state index is 12.8. The molecule has 0 aliphatic carbocycles. The quantitative estimate of drug-likeness (QED) is 0.519. The number of unbranched alkanes of at least 4 members (excludes halogenated alkanes) is 7. The van der Waals surface area contributed by atoms with E-state index in [0.717, 1.165) is 12.1 Å². The van der Waals surface area contributed by atoms with Crippen molar-refractivity contribution in [2.24, 2.45) is 0 Å². The lowest BCUT2D eigenvalue weighted by Gasteiger charge is -2.14. The maximum absolute atomic E-state index is 12.8. The van der Waals surface area contributed by atoms with Gasteiger partial charge in [-0.25, -0.2) is 4.39 Å². The molecule has 114 valence electrons. The summed E-state index contributed by atoms with van der Waals surface area (Å²) in [6, 6.07) is 7.09. The highest BCUT2D eigenvalue weighted by Crippen LogP contribution is 2.13. The Kier molecular flexibility index (Phi) is 9.31. The van der Waals surface area contributed by atoms with E-state index in [2.05, 4.69) is 19.2 Å². The normalized spacial score (nSPS) is 12.6. The third-order valence-corrected chi connectivity index (χ3v) is 3.85. The molecule has 0 saturated carbocycles. The monoisotopic (exact) mass is 279 g/mol. The summed E-state index contributed by atoms with van der Waals surface area (Å²) in [5, 5.41) is 3.51. The van der Waals surface area contributed by atoms with Gasteiger partial charge in [-0.15, -0.1) is 0 Å². The minimum Gasteiger partial charge on any atom is -0.310 e. The highest BCUT2D eigenvalue weighted by atomic mass is 19.1. The molecular formula is C18H30FN. The minimum absolute atomic E-state index is 0.163. The Balaban J connectivity index is 1.99. The predicted octanol–water partition coefficient (Wildman–Crippen LogP) is 5.62. The Morgan fingerprint density at radius 3 is 2.05 bits per heavy atom. The van der Waals surface area contributed by atoms with E-state index in [1.165, 1.54) is 63.5 Å². The summed E-state index contributed by atoms with van der Waals surface area (Å²) >= 11 is 0. The van der Waals surface area contributed by atoms with Crippen LogP contribution in [0.3, 0.4) is 0 Å². The van der Waals surface area contributed by atoms with E-state index < -0.39 is 0 Å². The average molecular weight is 279 g/mol. The molecule has 0 saturated heterocycles. The molecule has 1 rings (SSSR count). The molecular weight excluding hydrogens is 249 g/mol. The maximum Gasteiger partial charge on any atom is 0.123 e. The Morgan fingerprint density at radius 1 is 0.900 bits per heavy atom. The molecule has 1 aromatic rings. The van der Waals surface area contributed by atoms with Crippen molar-refractivity contribution in [3.63, 3.8) is 0 Å². The van der Waals surface area contributed by atoms with Gasteiger partial charge in [0.2, 0.25) is 0 Å². The van der Waals surface area contributed by atoms with Gasteiger partial charge in [0.1, 0.15) is 5.82 Å². The van der Waals surface area contributed by atoms with Crippen LogP contribution in [0.25, 0.3) is 0 Å². The van der Waals surface area contributed by atoms with Crippen molar-refractivity contribution >= 4 is 0 Å². The van der Waals surface area contributed by atoms with Crippen LogP contribution in [0.4, 0.5) is 4.39 Å². The van der Waals surface area contributed by atoms with Crippen molar-refractivity contribution in [1.82, 2.24) is 5.32 Å². The SMILES string of the molecule is CCCCCCCCCCN[C@@H](C)c1ccc(F)cc1. The highest BCUT2D eigenvalue weighted by molar-refractivity contribution is 5.19. The summed E-state index contributed by atoms with van der Waals surface area (Å²) in [4.78, 5) is 0. The molecule has 1 atom stereocenters. The lowest BCUT2D eigenvalue weighted by molar-refractivity contribution is 0.521. The molecule has 0 amide bonds. The molecule has 0 unspecified atom stereocenters. The number of hydrogen-bond acceptors (Lipinski definition) is 1. The van der Waals surface area contributed by atoms with E-state index in [9.17, 15) is 4.39 Å². The van der Waals surface area contributed by atoms with Gasteiger partial charge in [-0.05, 0) is 37.6 Å². The smallest absolute Gasteiger partial charge is 0.123 e. The second-order valence-corrected chi connectivity index (χ2v) is 5.70. The molecule has 20 heavy (non-hydrogen) atoms. The van der Waals surface area contributed by atoms with E-state index in [1.807, 2.05) is 12.1 Å². The van der Waals surface area contributed by atoms with Gasteiger partial charge in [0, 0.05) is 6.04 Å². The number of nitrogens with one attached hydrogen (secondary N) is 1. The molecule has 1 nitrogen and oxygen atoms in total. The first-order valence-corrected chi connectivity index (χ1v) is 8.23. The first kappa shape index (κ1) is 17.2. The Morgan fingerprint density at radius 2 is 1.45 bits per heavy atom. The molecule has 0 heterocycles. The van der Waals surface area contributed by atoms with Crippen LogP contribution < -0.4 is 5.32 Å². The molecule has 1 aromatic carbocycles. The van der Waals surface area contributed by atoms with Crippen LogP contribution >= 0.6 is 0 Å². The fraction of sp³-hybridized carbons (Fsp3) is 0.667. The third kappa shape index (κ3) is 7.64. The fourth-order valence-electron chi connectivity index (χ4n) is 2.45. The molecule has 0 fully saturated rings. The van der Waals surface area contributed by atoms with Gasteiger partial charge in [0.05, 0.1) is 0 Å². The predicted molar refractivity (Wildman–Crippen MR) is 85.4 cm³/mol. The summed E-state index contributed by atoms with van der Waals surface area (Å²) in [7, 11) is 0. The van der Waals surface area contributed by atoms with Crippen molar-refractivity contribution < 1.29 is 4.39 Å². The summed E-state index contributed by atoms with van der Waals surface area (Å²) < 4.78 is 12.8. The highest BCUT2D eigenvalue weighted by Gasteiger charge is 2.03. The standard InChI is InChI=1S/C18H30FN/c1-3-4-5-6-7-8-9-10-15-20-16(2)17-11-13-18(19)14-12-17/h11-14,16,20H,3-10,15H2,1-2H3/t16-/m0/s1. The van der Waals surface area contributed by atoms with Gasteiger partial charge >= 0.3 is 0 Å². The Bertz CT molecular complexity index is 334. The lowest BCUT2D eigenvalue weighted by atomic mass is 10.1. The van der Waals surface area contributed by atoms with Crippen LogP contribution in [0.15, 0.2) is 24.3 Å². The number of rotatable bonds is 11. The zero-order valence-corrected chi connectivity index (χ0v) is 13.1. The molecule has 0 bridgehead atoms. The van der Waals surface area contributed by atoms with E-state index >= 15 is 0 Å². The Labute approximate surface area is 124 Å². The van der Waals surface area contributed by atoms with Crippen molar-refractivity contribution in [3.8, 4) is 0 Å². The number of benzene rings is 1. The third-order valence-electron chi connectivity index (χ3n) is 3.85. The van der Waals surface area contributed by atoms with E-state index in [0.29, 0.717) is 6.04 Å². The summed E-state index contributed by atoms with van der Waals surface area (Å²) in [5.41, 5.74) is 1.16. The van der Waals surface area contributed by atoms with E-state index in [1.54, 1.807) is 0 Å². The molecule has 0 spiro atoms. The van der Waals surface area contributed by atoms with Crippen LogP contribution in [-0.4, -0.2) is 6.54 Å². The van der Waals surface area contributed by atoms with Gasteiger partial charge in [-0.1, -0.05) is 64.0 Å². The summed E-state index contributed by atoms with van der Waals surface area (Å²) in [6.07, 6.45) is 10.8. The molecule has 0 aliphatic heterocycles. The molecule has 1 N–H and O–H groups in total. The largest absolute Gasteiger partial charge is 0.310 e. The first-order chi connectivity index (χ1) is 9.74. The van der Waals surface area contributed by atoms with Crippen LogP contribution in [-0.2, 0) is 0 Å². The second-order valence-electron chi connectivity index (χ2n) is 5.70. The zero-order valence-electron chi connectivity index (χ0n) is 13.1. The Hall–Kier alpha value is -0.890. The van der Waals surface area contributed by atoms with Crippen LogP contribution in [0.5, 0.6) is 0 Å². The van der Waals surface area contributed by atoms with Crippen LogP contribution in [0.2, 0.25) is 0 Å². The molecule has 2 heteroatoms. The average Bonchev–Trinajstić information content (AvgIpc) is 2.46. The summed E-state index contributed by atoms with van der Waals surface area (Å²) in [5.74, 6) is -0.163. The fourth-order valence-corrected chi connectivity index (χ4v) is 2.45. The van der Waals surface area contributed by atoms with Crippen LogP contribution in [0.1, 0.15) is 76.8 Å². The number of hydrogen-bond donors (Lipinski definition) is 1. The van der Waals surface area contributed by atoms with Gasteiger partial charge in [0.15, 0.2) is 0 Å². The van der Waals surface area contributed by atoms with Gasteiger partial charge in [-0.3, -0.25) is 0 Å². The lowest BCUT2D eigenvalue weighted by Crippen LogP contribution is -2.19. The topological polar surface area (TPSA) is 12.0 Å². The molecule has 0 radical (unpaired) electrons. The zero-order chi connectivity index (χ0) is 14.6. The van der Waals surface area contributed by atoms with E-state index in [4.69, 9.17) is 0 Å². The van der Waals surface area contributed by atoms with Gasteiger partial charge in [-0.2, -0.15) is 0 Å². The van der Waals surface area contributed by atoms with Gasteiger partial charge < -0.3 is 5.32 Å². The van der Waals surface area contributed by atoms with Crippen molar-refractivity contribution in [1.29, 1.82) is 0 Å². The number of halogens is 1. The van der Waals surface area contributed by atoms with Crippen molar-refractivity contribution in [2.75, 3.05) is 6.54 Å². The minimum atomic E-state index is -0.163. The molecule has 0 aliphatic rings. The first-order valence-electron chi connectivity index (χ1n) is 8.23. The summed E-state index contributed by atoms with van der Waals surface area (Å²) in [6.45, 7) is 5.44. The van der Waals surface area contributed by atoms with Crippen molar-refractivity contribution in [2.45, 2.75) is 71.3 Å². The van der Waals surface area contributed by atoms with Gasteiger partial charge in [0.25, 0.3) is 0 Å². The second kappa shape index (κ2) is 10.8. The van der Waals surface area contributed by atoms with Crippen LogP contribution in [0, 0.1) is 5.82 Å².